The molecule has 0 amide bonds. The summed E-state index contributed by atoms with van der Waals surface area (Å²) in [5, 5.41) is 12.5. The highest BCUT2D eigenvalue weighted by atomic mass is 16.5. The summed E-state index contributed by atoms with van der Waals surface area (Å²) in [5.74, 6) is -0.643. The van der Waals surface area contributed by atoms with E-state index in [9.17, 15) is 19.5 Å². The van der Waals surface area contributed by atoms with E-state index in [0.717, 1.165) is 29.3 Å². The first-order chi connectivity index (χ1) is 18.9. The predicted molar refractivity (Wildman–Crippen MR) is 145 cm³/mol. The lowest BCUT2D eigenvalue weighted by Gasteiger charge is -2.27. The average molecular weight is 522 g/mol. The highest BCUT2D eigenvalue weighted by Gasteiger charge is 2.35. The van der Waals surface area contributed by atoms with Gasteiger partial charge >= 0.3 is 11.6 Å². The van der Waals surface area contributed by atoms with Crippen molar-refractivity contribution in [1.82, 2.24) is 4.57 Å². The van der Waals surface area contributed by atoms with Crippen molar-refractivity contribution in [2.75, 3.05) is 7.11 Å². The van der Waals surface area contributed by atoms with Gasteiger partial charge in [-0.15, -0.1) is 0 Å². The Morgan fingerprint density at radius 1 is 1.03 bits per heavy atom. The molecule has 0 spiro atoms. The van der Waals surface area contributed by atoms with Crippen molar-refractivity contribution >= 4 is 27.8 Å². The summed E-state index contributed by atoms with van der Waals surface area (Å²) >= 11 is 0. The molecule has 4 heterocycles. The number of carbonyl (C=O) groups is 1. The first-order valence-corrected chi connectivity index (χ1v) is 12.8. The zero-order valence-corrected chi connectivity index (χ0v) is 21.0. The molecule has 0 saturated carbocycles. The Morgan fingerprint density at radius 3 is 2.64 bits per heavy atom. The number of rotatable bonds is 3. The number of benzene rings is 3. The Balaban J connectivity index is 1.48. The fraction of sp³-hybridized carbons (Fsp3) is 0.194. The highest BCUT2D eigenvalue weighted by molar-refractivity contribution is 5.95. The van der Waals surface area contributed by atoms with E-state index in [0.29, 0.717) is 29.0 Å². The second kappa shape index (κ2) is 8.59. The molecule has 8 nitrogen and oxygen atoms in total. The first kappa shape index (κ1) is 23.3. The molecule has 0 aliphatic carbocycles. The largest absolute Gasteiger partial charge is 0.506 e. The second-order valence-electron chi connectivity index (χ2n) is 9.94. The number of pyridine rings is 1. The molecule has 1 unspecified atom stereocenters. The lowest BCUT2D eigenvalue weighted by atomic mass is 9.84. The number of fused-ring (bicyclic) bond motifs is 3. The molecule has 194 valence electrons. The van der Waals surface area contributed by atoms with Crippen LogP contribution in [0.15, 0.2) is 74.7 Å². The van der Waals surface area contributed by atoms with Crippen LogP contribution in [0.5, 0.6) is 17.2 Å². The number of para-hydroxylation sites is 1. The predicted octanol–water partition coefficient (Wildman–Crippen LogP) is 4.88. The number of aromatic nitrogens is 1. The third kappa shape index (κ3) is 3.48. The van der Waals surface area contributed by atoms with Crippen molar-refractivity contribution in [3.05, 3.63) is 98.1 Å². The molecule has 0 saturated heterocycles. The lowest BCUT2D eigenvalue weighted by Crippen LogP contribution is -2.31. The Morgan fingerprint density at radius 2 is 1.85 bits per heavy atom. The summed E-state index contributed by atoms with van der Waals surface area (Å²) in [4.78, 5) is 39.8. The molecule has 0 fully saturated rings. The number of carbonyl (C=O) groups excluding carboxylic acids is 1. The van der Waals surface area contributed by atoms with Crippen LogP contribution in [0.1, 0.15) is 35.4 Å². The van der Waals surface area contributed by atoms with Gasteiger partial charge in [0.25, 0.3) is 5.56 Å². The molecule has 1 N–H and O–H groups in total. The molecular formula is C31H23NO7. The van der Waals surface area contributed by atoms with Crippen LogP contribution in [0.2, 0.25) is 0 Å². The average Bonchev–Trinajstić information content (AvgIpc) is 2.94. The number of hydrogen-bond acceptors (Lipinski definition) is 7. The minimum absolute atomic E-state index is 0.0113. The number of esters is 1. The number of aromatic hydroxyl groups is 1. The van der Waals surface area contributed by atoms with Gasteiger partial charge in [-0.25, -0.2) is 4.79 Å². The molecule has 0 radical (unpaired) electrons. The molecular weight excluding hydrogens is 498 g/mol. The van der Waals surface area contributed by atoms with Gasteiger partial charge in [-0.3, -0.25) is 9.59 Å². The summed E-state index contributed by atoms with van der Waals surface area (Å²) < 4.78 is 18.3. The van der Waals surface area contributed by atoms with Crippen LogP contribution in [0.4, 0.5) is 0 Å². The molecule has 2 aliphatic rings. The number of hydrogen-bond donors (Lipinski definition) is 1. The summed E-state index contributed by atoms with van der Waals surface area (Å²) in [6.07, 6.45) is 1.65. The van der Waals surface area contributed by atoms with Gasteiger partial charge in [0.2, 0.25) is 0 Å². The molecule has 2 aromatic heterocycles. The van der Waals surface area contributed by atoms with Crippen LogP contribution in [0.3, 0.4) is 0 Å². The Kier molecular flexibility index (Phi) is 5.13. The van der Waals surface area contributed by atoms with Crippen molar-refractivity contribution in [2.45, 2.75) is 31.7 Å². The van der Waals surface area contributed by atoms with E-state index in [2.05, 4.69) is 0 Å². The third-order valence-electron chi connectivity index (χ3n) is 7.80. The monoisotopic (exact) mass is 521 g/mol. The smallest absolute Gasteiger partial charge is 0.347 e. The van der Waals surface area contributed by atoms with Crippen LogP contribution in [0, 0.1) is 0 Å². The summed E-state index contributed by atoms with van der Waals surface area (Å²) in [6, 6.07) is 17.6. The fourth-order valence-corrected chi connectivity index (χ4v) is 6.02. The van der Waals surface area contributed by atoms with E-state index in [4.69, 9.17) is 13.9 Å². The van der Waals surface area contributed by atoms with Crippen molar-refractivity contribution in [3.8, 4) is 28.4 Å². The van der Waals surface area contributed by atoms with Gasteiger partial charge in [0.15, 0.2) is 0 Å². The quantitative estimate of drug-likeness (QED) is 0.205. The Hall–Kier alpha value is -4.85. The maximum absolute atomic E-state index is 13.8. The fourth-order valence-electron chi connectivity index (χ4n) is 6.02. The van der Waals surface area contributed by atoms with Crippen LogP contribution < -0.4 is 20.7 Å². The van der Waals surface area contributed by atoms with E-state index >= 15 is 0 Å². The van der Waals surface area contributed by atoms with Crippen LogP contribution in [0.25, 0.3) is 33.0 Å². The summed E-state index contributed by atoms with van der Waals surface area (Å²) in [5.41, 5.74) is 2.51. The Labute approximate surface area is 221 Å². The molecule has 3 aromatic carbocycles. The van der Waals surface area contributed by atoms with Gasteiger partial charge in [0.05, 0.1) is 24.4 Å². The maximum atomic E-state index is 13.8. The van der Waals surface area contributed by atoms with E-state index < -0.39 is 17.5 Å². The maximum Gasteiger partial charge on any atom is 0.347 e. The first-order valence-electron chi connectivity index (χ1n) is 12.8. The summed E-state index contributed by atoms with van der Waals surface area (Å²) in [7, 11) is 1.54. The Bertz CT molecular complexity index is 1950. The number of methoxy groups -OCH3 is 1. The molecule has 39 heavy (non-hydrogen) atoms. The molecule has 1 atom stereocenters. The van der Waals surface area contributed by atoms with Gasteiger partial charge in [0, 0.05) is 23.6 Å². The van der Waals surface area contributed by atoms with Gasteiger partial charge < -0.3 is 23.6 Å². The molecule has 0 bridgehead atoms. The third-order valence-corrected chi connectivity index (χ3v) is 7.80. The summed E-state index contributed by atoms with van der Waals surface area (Å²) in [6.45, 7) is 0.584. The van der Waals surface area contributed by atoms with Crippen molar-refractivity contribution < 1.29 is 23.8 Å². The van der Waals surface area contributed by atoms with E-state index in [1.165, 1.54) is 0 Å². The molecule has 7 rings (SSSR count). The lowest BCUT2D eigenvalue weighted by molar-refractivity contribution is -0.135. The number of ether oxygens (including phenoxy) is 2. The topological polar surface area (TPSA) is 108 Å². The molecule has 2 aliphatic heterocycles. The van der Waals surface area contributed by atoms with Crippen LogP contribution >= 0.6 is 0 Å². The van der Waals surface area contributed by atoms with Gasteiger partial charge in [0.1, 0.15) is 28.4 Å². The normalized spacial score (nSPS) is 16.2. The van der Waals surface area contributed by atoms with Crippen molar-refractivity contribution in [1.29, 1.82) is 0 Å². The zero-order valence-electron chi connectivity index (χ0n) is 21.0. The van der Waals surface area contributed by atoms with Crippen LogP contribution in [-0.2, 0) is 17.8 Å². The van der Waals surface area contributed by atoms with Crippen molar-refractivity contribution in [2.24, 2.45) is 0 Å². The van der Waals surface area contributed by atoms with E-state index in [-0.39, 0.29) is 40.0 Å². The van der Waals surface area contributed by atoms with Gasteiger partial charge in [-0.2, -0.15) is 0 Å². The van der Waals surface area contributed by atoms with E-state index in [1.54, 1.807) is 48.1 Å². The standard InChI is InChI=1S/C31H23NO7/c1-37-19-9-7-16(8-10-19)25-28(34)20-11-12-23-26(29(20)39-31(25)36)21(15-24(33)38-23)22-14-18-5-2-4-17-6-3-13-32(27(17)18)30(22)35/h2,4-5,7-12,14,21,34H,3,6,13,15H2,1H3. The number of nitrogens with zero attached hydrogens (tertiary/aromatic N) is 1. The zero-order chi connectivity index (χ0) is 26.8. The van der Waals surface area contributed by atoms with Gasteiger partial charge in [-0.05, 0) is 59.7 Å². The second-order valence-corrected chi connectivity index (χ2v) is 9.94. The minimum Gasteiger partial charge on any atom is -0.506 e. The molecule has 8 heteroatoms. The van der Waals surface area contributed by atoms with Crippen molar-refractivity contribution in [3.63, 3.8) is 0 Å². The van der Waals surface area contributed by atoms with Crippen LogP contribution in [-0.4, -0.2) is 22.8 Å². The number of aryl methyl sites for hydroxylation is 2. The highest BCUT2D eigenvalue weighted by Crippen LogP contribution is 2.45. The minimum atomic E-state index is -0.746. The van der Waals surface area contributed by atoms with E-state index in [1.807, 2.05) is 24.3 Å². The van der Waals surface area contributed by atoms with Gasteiger partial charge in [-0.1, -0.05) is 30.3 Å². The SMILES string of the molecule is COc1ccc(-c2c(O)c3ccc4c(c3oc2=O)C(c2cc3cccc5c3n(c2=O)CCC5)CC(=O)O4)cc1. The molecule has 5 aromatic rings.